The van der Waals surface area contributed by atoms with Crippen LogP contribution in [0, 0.1) is 0 Å². The first kappa shape index (κ1) is 18.2. The highest BCUT2D eigenvalue weighted by molar-refractivity contribution is 5.85. The third-order valence-electron chi connectivity index (χ3n) is 4.68. The molecular weight excluding hydrogens is 316 g/mol. The van der Waals surface area contributed by atoms with Crippen LogP contribution in [0.25, 0.3) is 0 Å². The molecule has 1 amide bonds. The SMILES string of the molecule is CC(N)C1CCCCN1C(=O)CCCc1nc(C2CC2)no1.Cl. The number of nitrogens with two attached hydrogens (primary N) is 1. The Balaban J connectivity index is 0.00000192. The van der Waals surface area contributed by atoms with Crippen molar-refractivity contribution in [3.63, 3.8) is 0 Å². The van der Waals surface area contributed by atoms with Crippen molar-refractivity contribution in [2.45, 2.75) is 76.3 Å². The fraction of sp³-hybridized carbons (Fsp3) is 0.812. The smallest absolute Gasteiger partial charge is 0.226 e. The largest absolute Gasteiger partial charge is 0.339 e. The molecular formula is C16H27ClN4O2. The van der Waals surface area contributed by atoms with Crippen LogP contribution in [0.2, 0.25) is 0 Å². The van der Waals surface area contributed by atoms with Gasteiger partial charge in [-0.2, -0.15) is 4.98 Å². The van der Waals surface area contributed by atoms with Gasteiger partial charge in [-0.15, -0.1) is 12.4 Å². The van der Waals surface area contributed by atoms with E-state index < -0.39 is 0 Å². The molecule has 2 fully saturated rings. The monoisotopic (exact) mass is 342 g/mol. The number of rotatable bonds is 6. The predicted molar refractivity (Wildman–Crippen MR) is 89.5 cm³/mol. The van der Waals surface area contributed by atoms with Gasteiger partial charge in [0.25, 0.3) is 0 Å². The number of nitrogens with zero attached hydrogens (tertiary/aromatic N) is 3. The van der Waals surface area contributed by atoms with E-state index in [0.717, 1.165) is 31.6 Å². The zero-order valence-corrected chi connectivity index (χ0v) is 14.6. The molecule has 130 valence electrons. The van der Waals surface area contributed by atoms with Crippen LogP contribution in [0.1, 0.15) is 69.5 Å². The fourth-order valence-electron chi connectivity index (χ4n) is 3.23. The summed E-state index contributed by atoms with van der Waals surface area (Å²) in [4.78, 5) is 18.8. The number of hydrogen-bond acceptors (Lipinski definition) is 5. The highest BCUT2D eigenvalue weighted by atomic mass is 35.5. The van der Waals surface area contributed by atoms with E-state index in [2.05, 4.69) is 10.1 Å². The number of piperidine rings is 1. The Hall–Kier alpha value is -1.14. The Bertz CT molecular complexity index is 516. The number of hydrogen-bond donors (Lipinski definition) is 1. The number of halogens is 1. The van der Waals surface area contributed by atoms with Crippen molar-refractivity contribution in [3.05, 3.63) is 11.7 Å². The van der Waals surface area contributed by atoms with Crippen LogP contribution in [0.4, 0.5) is 0 Å². The second-order valence-corrected chi connectivity index (χ2v) is 6.68. The van der Waals surface area contributed by atoms with Crippen LogP contribution < -0.4 is 5.73 Å². The van der Waals surface area contributed by atoms with Gasteiger partial charge in [0.1, 0.15) is 0 Å². The van der Waals surface area contributed by atoms with Crippen molar-refractivity contribution in [2.75, 3.05) is 6.54 Å². The molecule has 2 aliphatic rings. The predicted octanol–water partition coefficient (Wildman–Crippen LogP) is 2.42. The van der Waals surface area contributed by atoms with E-state index in [4.69, 9.17) is 10.3 Å². The van der Waals surface area contributed by atoms with E-state index in [9.17, 15) is 4.79 Å². The minimum atomic E-state index is 0. The van der Waals surface area contributed by atoms with E-state index in [1.54, 1.807) is 0 Å². The van der Waals surface area contributed by atoms with Gasteiger partial charge < -0.3 is 15.2 Å². The van der Waals surface area contributed by atoms with Gasteiger partial charge >= 0.3 is 0 Å². The van der Waals surface area contributed by atoms with Crippen LogP contribution >= 0.6 is 12.4 Å². The molecule has 1 aromatic heterocycles. The van der Waals surface area contributed by atoms with Crippen molar-refractivity contribution in [1.29, 1.82) is 0 Å². The molecule has 2 N–H and O–H groups in total. The third kappa shape index (κ3) is 4.67. The first-order chi connectivity index (χ1) is 10.6. The van der Waals surface area contributed by atoms with E-state index in [1.807, 2.05) is 11.8 Å². The zero-order chi connectivity index (χ0) is 15.5. The van der Waals surface area contributed by atoms with Gasteiger partial charge in [-0.3, -0.25) is 4.79 Å². The number of aryl methyl sites for hydroxylation is 1. The van der Waals surface area contributed by atoms with E-state index in [0.29, 0.717) is 24.7 Å². The lowest BCUT2D eigenvalue weighted by molar-refractivity contribution is -0.135. The van der Waals surface area contributed by atoms with Crippen LogP contribution in [0.15, 0.2) is 4.52 Å². The summed E-state index contributed by atoms with van der Waals surface area (Å²) in [5.74, 6) is 2.23. The van der Waals surface area contributed by atoms with Crippen LogP contribution in [-0.4, -0.2) is 39.6 Å². The van der Waals surface area contributed by atoms with Crippen molar-refractivity contribution in [3.8, 4) is 0 Å². The van der Waals surface area contributed by atoms with Gasteiger partial charge in [-0.05, 0) is 45.4 Å². The summed E-state index contributed by atoms with van der Waals surface area (Å²) in [7, 11) is 0. The minimum Gasteiger partial charge on any atom is -0.339 e. The van der Waals surface area contributed by atoms with E-state index in [1.165, 1.54) is 19.3 Å². The summed E-state index contributed by atoms with van der Waals surface area (Å²) in [6.45, 7) is 2.84. The molecule has 1 aliphatic carbocycles. The fourth-order valence-corrected chi connectivity index (χ4v) is 3.23. The van der Waals surface area contributed by atoms with Gasteiger partial charge in [0.05, 0.1) is 0 Å². The maximum absolute atomic E-state index is 12.4. The van der Waals surface area contributed by atoms with Crippen molar-refractivity contribution < 1.29 is 9.32 Å². The number of carbonyl (C=O) groups is 1. The van der Waals surface area contributed by atoms with Crippen molar-refractivity contribution in [2.24, 2.45) is 5.73 Å². The molecule has 0 radical (unpaired) electrons. The standard InChI is InChI=1S/C16H26N4O2.ClH/c1-11(17)13-5-2-3-10-20(13)15(21)7-4-6-14-18-16(19-22-14)12-8-9-12;/h11-13H,2-10,17H2,1H3;1H. The third-order valence-corrected chi connectivity index (χ3v) is 4.68. The summed E-state index contributed by atoms with van der Waals surface area (Å²) in [6.07, 6.45) is 7.60. The Kier molecular flexibility index (Phi) is 6.41. The summed E-state index contributed by atoms with van der Waals surface area (Å²) in [5.41, 5.74) is 6.02. The lowest BCUT2D eigenvalue weighted by atomic mass is 9.96. The highest BCUT2D eigenvalue weighted by Gasteiger charge is 2.30. The average molecular weight is 343 g/mol. The molecule has 6 nitrogen and oxygen atoms in total. The quantitative estimate of drug-likeness (QED) is 0.858. The Morgan fingerprint density at radius 2 is 2.17 bits per heavy atom. The van der Waals surface area contributed by atoms with Crippen LogP contribution in [0.3, 0.4) is 0 Å². The molecule has 1 saturated carbocycles. The summed E-state index contributed by atoms with van der Waals surface area (Å²) in [5, 5.41) is 4.00. The molecule has 2 heterocycles. The van der Waals surface area contributed by atoms with Gasteiger partial charge in [-0.1, -0.05) is 5.16 Å². The minimum absolute atomic E-state index is 0. The highest BCUT2D eigenvalue weighted by Crippen LogP contribution is 2.38. The Morgan fingerprint density at radius 1 is 1.39 bits per heavy atom. The van der Waals surface area contributed by atoms with Crippen LogP contribution in [0.5, 0.6) is 0 Å². The van der Waals surface area contributed by atoms with Gasteiger partial charge in [0, 0.05) is 37.4 Å². The number of likely N-dealkylation sites (tertiary alicyclic amines) is 1. The van der Waals surface area contributed by atoms with Gasteiger partial charge in [-0.25, -0.2) is 0 Å². The topological polar surface area (TPSA) is 85.2 Å². The number of aromatic nitrogens is 2. The first-order valence-corrected chi connectivity index (χ1v) is 8.52. The second kappa shape index (κ2) is 8.11. The molecule has 23 heavy (non-hydrogen) atoms. The average Bonchev–Trinajstić information content (AvgIpc) is 3.27. The molecule has 3 rings (SSSR count). The maximum atomic E-state index is 12.4. The van der Waals surface area contributed by atoms with E-state index in [-0.39, 0.29) is 30.4 Å². The van der Waals surface area contributed by atoms with Crippen molar-refractivity contribution in [1.82, 2.24) is 15.0 Å². The molecule has 0 bridgehead atoms. The summed E-state index contributed by atoms with van der Waals surface area (Å²) >= 11 is 0. The van der Waals surface area contributed by atoms with Crippen molar-refractivity contribution >= 4 is 18.3 Å². The lowest BCUT2D eigenvalue weighted by Crippen LogP contribution is -2.51. The second-order valence-electron chi connectivity index (χ2n) is 6.68. The number of carbonyl (C=O) groups excluding carboxylic acids is 1. The Morgan fingerprint density at radius 3 is 2.87 bits per heavy atom. The zero-order valence-electron chi connectivity index (χ0n) is 13.7. The molecule has 7 heteroatoms. The maximum Gasteiger partial charge on any atom is 0.226 e. The molecule has 1 saturated heterocycles. The molecule has 2 unspecified atom stereocenters. The first-order valence-electron chi connectivity index (χ1n) is 8.52. The summed E-state index contributed by atoms with van der Waals surface area (Å²) in [6, 6.07) is 0.243. The van der Waals surface area contributed by atoms with Gasteiger partial charge in [0.2, 0.25) is 11.8 Å². The molecule has 1 aromatic rings. The molecule has 0 spiro atoms. The van der Waals surface area contributed by atoms with Crippen LogP contribution in [-0.2, 0) is 11.2 Å². The molecule has 1 aliphatic heterocycles. The lowest BCUT2D eigenvalue weighted by Gasteiger charge is -2.38. The molecule has 0 aromatic carbocycles. The van der Waals surface area contributed by atoms with E-state index >= 15 is 0 Å². The molecule has 2 atom stereocenters. The number of amides is 1. The van der Waals surface area contributed by atoms with Gasteiger partial charge in [0.15, 0.2) is 5.82 Å². The normalized spacial score (nSPS) is 22.5. The Labute approximate surface area is 143 Å². The summed E-state index contributed by atoms with van der Waals surface area (Å²) < 4.78 is 5.25.